The van der Waals surface area contributed by atoms with E-state index in [1.807, 2.05) is 45.0 Å². The van der Waals surface area contributed by atoms with Gasteiger partial charge in [-0.1, -0.05) is 18.2 Å². The monoisotopic (exact) mass is 494 g/mol. The topological polar surface area (TPSA) is 112 Å². The van der Waals surface area contributed by atoms with E-state index in [0.717, 1.165) is 22.1 Å². The van der Waals surface area contributed by atoms with Gasteiger partial charge in [-0.15, -0.1) is 0 Å². The Morgan fingerprint density at radius 3 is 2.49 bits per heavy atom. The molecule has 2 aromatic heterocycles. The molecule has 0 bridgehead atoms. The van der Waals surface area contributed by atoms with Crippen molar-refractivity contribution < 1.29 is 22.7 Å². The predicted octanol–water partition coefficient (Wildman–Crippen LogP) is 4.33. The number of anilines is 1. The molecule has 2 aromatic carbocycles. The number of carbonyl (C=O) groups is 1. The number of hydrogen-bond donors (Lipinski definition) is 1. The first-order chi connectivity index (χ1) is 16.7. The van der Waals surface area contributed by atoms with Gasteiger partial charge in [-0.2, -0.15) is 9.78 Å². The van der Waals surface area contributed by atoms with Crippen molar-refractivity contribution in [2.24, 2.45) is 0 Å². The summed E-state index contributed by atoms with van der Waals surface area (Å²) in [6, 6.07) is 12.5. The second kappa shape index (κ2) is 9.38. The van der Waals surface area contributed by atoms with Crippen LogP contribution in [-0.2, 0) is 14.8 Å². The zero-order chi connectivity index (χ0) is 25.3. The van der Waals surface area contributed by atoms with Crippen molar-refractivity contribution in [1.29, 1.82) is 0 Å². The van der Waals surface area contributed by atoms with Gasteiger partial charge in [-0.3, -0.25) is 4.72 Å². The zero-order valence-corrected chi connectivity index (χ0v) is 20.9. The number of fused-ring (bicyclic) bond motifs is 1. The Labute approximate surface area is 203 Å². The Kier molecular flexibility index (Phi) is 6.49. The van der Waals surface area contributed by atoms with Gasteiger partial charge in [-0.25, -0.2) is 18.2 Å². The van der Waals surface area contributed by atoms with Crippen molar-refractivity contribution in [3.8, 4) is 11.6 Å². The van der Waals surface area contributed by atoms with Crippen LogP contribution in [0.15, 0.2) is 53.6 Å². The second-order valence-electron chi connectivity index (χ2n) is 8.05. The number of ether oxygens (including phenoxy) is 2. The lowest BCUT2D eigenvalue weighted by molar-refractivity contribution is 0.0527. The molecule has 35 heavy (non-hydrogen) atoms. The van der Waals surface area contributed by atoms with Crippen molar-refractivity contribution in [1.82, 2.24) is 14.8 Å². The number of para-hydroxylation sites is 1. The number of aromatic nitrogens is 3. The molecule has 0 atom stereocenters. The minimum Gasteiger partial charge on any atom is -0.495 e. The molecular formula is C25H26N4O5S. The lowest BCUT2D eigenvalue weighted by atomic mass is 10.1. The first-order valence-electron chi connectivity index (χ1n) is 11.0. The van der Waals surface area contributed by atoms with Crippen LogP contribution in [0.2, 0.25) is 0 Å². The highest BCUT2D eigenvalue weighted by Gasteiger charge is 2.28. The Morgan fingerprint density at radius 1 is 1.06 bits per heavy atom. The fourth-order valence-electron chi connectivity index (χ4n) is 3.73. The molecule has 0 saturated carbocycles. The number of benzene rings is 2. The third-order valence-electron chi connectivity index (χ3n) is 5.69. The van der Waals surface area contributed by atoms with Crippen molar-refractivity contribution in [2.75, 3.05) is 18.4 Å². The van der Waals surface area contributed by atoms with E-state index in [4.69, 9.17) is 9.47 Å². The van der Waals surface area contributed by atoms with Crippen LogP contribution in [0.4, 0.5) is 5.82 Å². The summed E-state index contributed by atoms with van der Waals surface area (Å²) in [4.78, 5) is 17.3. The molecule has 9 nitrogen and oxygen atoms in total. The van der Waals surface area contributed by atoms with Gasteiger partial charge in [-0.05, 0) is 68.7 Å². The van der Waals surface area contributed by atoms with Gasteiger partial charge in [0.15, 0.2) is 11.6 Å². The van der Waals surface area contributed by atoms with E-state index in [-0.39, 0.29) is 28.6 Å². The summed E-state index contributed by atoms with van der Waals surface area (Å²) in [6.45, 7) is 7.38. The molecule has 0 aliphatic heterocycles. The highest BCUT2D eigenvalue weighted by atomic mass is 32.2. The number of nitrogens with one attached hydrogen (secondary N) is 1. The van der Waals surface area contributed by atoms with Gasteiger partial charge in [0, 0.05) is 5.39 Å². The molecule has 2 heterocycles. The molecule has 0 fully saturated rings. The van der Waals surface area contributed by atoms with E-state index in [2.05, 4.69) is 14.8 Å². The Balaban J connectivity index is 1.89. The number of hydrogen-bond acceptors (Lipinski definition) is 7. The van der Waals surface area contributed by atoms with Gasteiger partial charge >= 0.3 is 5.97 Å². The van der Waals surface area contributed by atoms with Crippen LogP contribution in [0, 0.1) is 20.8 Å². The largest absolute Gasteiger partial charge is 0.495 e. The summed E-state index contributed by atoms with van der Waals surface area (Å²) in [5.41, 5.74) is 3.25. The number of sulfonamides is 1. The summed E-state index contributed by atoms with van der Waals surface area (Å²) < 4.78 is 41.4. The highest BCUT2D eigenvalue weighted by molar-refractivity contribution is 7.92. The molecular weight excluding hydrogens is 468 g/mol. The second-order valence-corrected chi connectivity index (χ2v) is 9.70. The molecule has 182 valence electrons. The lowest BCUT2D eigenvalue weighted by Crippen LogP contribution is -2.20. The van der Waals surface area contributed by atoms with Crippen molar-refractivity contribution in [3.05, 3.63) is 70.9 Å². The van der Waals surface area contributed by atoms with Crippen molar-refractivity contribution in [2.45, 2.75) is 32.6 Å². The third kappa shape index (κ3) is 4.57. The van der Waals surface area contributed by atoms with Crippen LogP contribution in [-0.4, -0.2) is 42.9 Å². The summed E-state index contributed by atoms with van der Waals surface area (Å²) in [7, 11) is -2.79. The maximum absolute atomic E-state index is 13.5. The Hall–Kier alpha value is -3.92. The number of methoxy groups -OCH3 is 1. The number of aryl methyl sites for hydroxylation is 3. The Bertz CT molecular complexity index is 1540. The normalized spacial score (nSPS) is 11.5. The maximum atomic E-state index is 13.5. The lowest BCUT2D eigenvalue weighted by Gasteiger charge is -2.16. The SMILES string of the molecule is CCOC(=O)c1cnn(-c2cc(C)c3ccccc3n2)c1NS(=O)(=O)c1cc(C)c(C)cc1OC. The minimum absolute atomic E-state index is 0.0363. The van der Waals surface area contributed by atoms with Crippen molar-refractivity contribution >= 4 is 32.7 Å². The zero-order valence-electron chi connectivity index (χ0n) is 20.1. The Morgan fingerprint density at radius 2 is 1.77 bits per heavy atom. The van der Waals surface area contributed by atoms with E-state index >= 15 is 0 Å². The first-order valence-corrected chi connectivity index (χ1v) is 12.4. The van der Waals surface area contributed by atoms with E-state index in [1.54, 1.807) is 19.1 Å². The first kappa shape index (κ1) is 24.2. The molecule has 4 rings (SSSR count). The van der Waals surface area contributed by atoms with E-state index in [9.17, 15) is 13.2 Å². The molecule has 0 unspecified atom stereocenters. The average molecular weight is 495 g/mol. The minimum atomic E-state index is -4.19. The number of nitrogens with zero attached hydrogens (tertiary/aromatic N) is 3. The van der Waals surface area contributed by atoms with Gasteiger partial charge in [0.25, 0.3) is 10.0 Å². The number of pyridine rings is 1. The average Bonchev–Trinajstić information content (AvgIpc) is 3.23. The van der Waals surface area contributed by atoms with Crippen LogP contribution in [0.3, 0.4) is 0 Å². The molecule has 10 heteroatoms. The summed E-state index contributed by atoms with van der Waals surface area (Å²) in [5, 5.41) is 5.24. The van der Waals surface area contributed by atoms with E-state index in [1.165, 1.54) is 24.1 Å². The van der Waals surface area contributed by atoms with Gasteiger partial charge in [0.1, 0.15) is 16.2 Å². The molecule has 0 amide bonds. The van der Waals surface area contributed by atoms with E-state index < -0.39 is 16.0 Å². The number of carbonyl (C=O) groups excluding carboxylic acids is 1. The standard InChI is InChI=1S/C25H26N4O5S/c1-6-34-25(30)19-14-26-29(23-13-17(4)18-9-7-8-10-20(18)27-23)24(19)28-35(31,32)22-12-16(3)15(2)11-21(22)33-5/h7-14,28H,6H2,1-5H3. The fraction of sp³-hybridized carbons (Fsp3) is 0.240. The quantitative estimate of drug-likeness (QED) is 0.381. The van der Waals surface area contributed by atoms with Crippen molar-refractivity contribution in [3.63, 3.8) is 0 Å². The smallest absolute Gasteiger partial charge is 0.343 e. The van der Waals surface area contributed by atoms with Crippen LogP contribution in [0.5, 0.6) is 5.75 Å². The molecule has 1 N–H and O–H groups in total. The van der Waals surface area contributed by atoms with Gasteiger partial charge in [0.2, 0.25) is 0 Å². The van der Waals surface area contributed by atoms with E-state index in [0.29, 0.717) is 11.3 Å². The third-order valence-corrected chi connectivity index (χ3v) is 7.05. The van der Waals surface area contributed by atoms with Crippen LogP contribution >= 0.6 is 0 Å². The van der Waals surface area contributed by atoms with Crippen LogP contribution in [0.25, 0.3) is 16.7 Å². The van der Waals surface area contributed by atoms with Gasteiger partial charge in [0.05, 0.1) is 25.4 Å². The van der Waals surface area contributed by atoms with Crippen LogP contribution < -0.4 is 9.46 Å². The van der Waals surface area contributed by atoms with Crippen LogP contribution in [0.1, 0.15) is 34.0 Å². The molecule has 0 aliphatic rings. The summed E-state index contributed by atoms with van der Waals surface area (Å²) in [5.74, 6) is -0.252. The number of esters is 1. The maximum Gasteiger partial charge on any atom is 0.343 e. The highest BCUT2D eigenvalue weighted by Crippen LogP contribution is 2.31. The molecule has 0 aliphatic carbocycles. The number of rotatable bonds is 7. The molecule has 4 aromatic rings. The fourth-order valence-corrected chi connectivity index (χ4v) is 5.03. The predicted molar refractivity (Wildman–Crippen MR) is 133 cm³/mol. The molecule has 0 radical (unpaired) electrons. The molecule has 0 saturated heterocycles. The molecule has 0 spiro atoms. The summed E-state index contributed by atoms with van der Waals surface area (Å²) >= 11 is 0. The van der Waals surface area contributed by atoms with Gasteiger partial charge < -0.3 is 9.47 Å². The summed E-state index contributed by atoms with van der Waals surface area (Å²) in [6.07, 6.45) is 1.26.